The summed E-state index contributed by atoms with van der Waals surface area (Å²) in [7, 11) is 0. The first-order valence-corrected chi connectivity index (χ1v) is 9.50. The Balaban J connectivity index is 1.47. The number of carbonyl (C=O) groups is 1. The maximum absolute atomic E-state index is 13.1. The number of halogens is 2. The van der Waals surface area contributed by atoms with E-state index in [1.54, 1.807) is 0 Å². The van der Waals surface area contributed by atoms with Crippen molar-refractivity contribution in [3.8, 4) is 0 Å². The second-order valence-corrected chi connectivity index (χ2v) is 7.25. The highest BCUT2D eigenvalue weighted by molar-refractivity contribution is 7.99. The largest absolute Gasteiger partial charge is 0.326 e. The molecule has 8 heteroatoms. The SMILES string of the molecule is O=C(CCCSc1nc2c(c(=O)[nH]1)CCCC2)Nc1cc(F)cc(F)c1. The zero-order valence-corrected chi connectivity index (χ0v) is 14.9. The standard InChI is InChI=1S/C18H19F2N3O2S/c19-11-8-12(20)10-13(9-11)21-16(24)6-3-7-26-18-22-15-5-2-1-4-14(15)17(25)23-18/h8-10H,1-7H2,(H,21,24)(H,22,23,25). The van der Waals surface area contributed by atoms with Crippen LogP contribution in [0.25, 0.3) is 0 Å². The van der Waals surface area contributed by atoms with E-state index in [-0.39, 0.29) is 23.6 Å². The average molecular weight is 379 g/mol. The van der Waals surface area contributed by atoms with Crippen molar-refractivity contribution in [2.24, 2.45) is 0 Å². The molecule has 2 aromatic rings. The monoisotopic (exact) mass is 379 g/mol. The number of amides is 1. The van der Waals surface area contributed by atoms with Crippen LogP contribution in [0.1, 0.15) is 36.9 Å². The molecule has 0 atom stereocenters. The number of fused-ring (bicyclic) bond motifs is 1. The van der Waals surface area contributed by atoms with Crippen LogP contribution in [-0.2, 0) is 17.6 Å². The van der Waals surface area contributed by atoms with E-state index in [1.165, 1.54) is 11.8 Å². The van der Waals surface area contributed by atoms with Gasteiger partial charge in [-0.15, -0.1) is 0 Å². The summed E-state index contributed by atoms with van der Waals surface area (Å²) in [5.74, 6) is -1.19. The number of H-pyrrole nitrogens is 1. The molecule has 0 saturated carbocycles. The lowest BCUT2D eigenvalue weighted by molar-refractivity contribution is -0.116. The molecule has 1 aromatic heterocycles. The van der Waals surface area contributed by atoms with Gasteiger partial charge in [0.15, 0.2) is 5.16 Å². The Labute approximate surface area is 153 Å². The molecule has 0 saturated heterocycles. The Morgan fingerprint density at radius 3 is 2.69 bits per heavy atom. The molecular formula is C18H19F2N3O2S. The highest BCUT2D eigenvalue weighted by Gasteiger charge is 2.15. The van der Waals surface area contributed by atoms with Crippen LogP contribution in [0.2, 0.25) is 0 Å². The quantitative estimate of drug-likeness (QED) is 0.458. The number of thioether (sulfide) groups is 1. The lowest BCUT2D eigenvalue weighted by atomic mass is 9.97. The number of aromatic nitrogens is 2. The first-order valence-electron chi connectivity index (χ1n) is 8.52. The van der Waals surface area contributed by atoms with Crippen LogP contribution in [0.4, 0.5) is 14.5 Å². The maximum Gasteiger partial charge on any atom is 0.254 e. The molecule has 0 unspecified atom stereocenters. The molecule has 0 radical (unpaired) electrons. The van der Waals surface area contributed by atoms with Crippen molar-refractivity contribution < 1.29 is 13.6 Å². The van der Waals surface area contributed by atoms with E-state index in [0.29, 0.717) is 17.3 Å². The molecule has 1 aliphatic carbocycles. The molecule has 5 nitrogen and oxygen atoms in total. The number of anilines is 1. The summed E-state index contributed by atoms with van der Waals surface area (Å²) in [4.78, 5) is 31.2. The molecule has 1 aliphatic rings. The van der Waals surface area contributed by atoms with Gasteiger partial charge in [-0.3, -0.25) is 9.59 Å². The van der Waals surface area contributed by atoms with Crippen LogP contribution in [0, 0.1) is 11.6 Å². The summed E-state index contributed by atoms with van der Waals surface area (Å²) in [6.45, 7) is 0. The van der Waals surface area contributed by atoms with Gasteiger partial charge in [0.1, 0.15) is 11.6 Å². The number of benzene rings is 1. The van der Waals surface area contributed by atoms with Crippen LogP contribution in [0.3, 0.4) is 0 Å². The molecule has 26 heavy (non-hydrogen) atoms. The number of aromatic amines is 1. The summed E-state index contributed by atoms with van der Waals surface area (Å²) >= 11 is 1.39. The molecule has 1 amide bonds. The van der Waals surface area contributed by atoms with Crippen molar-refractivity contribution >= 4 is 23.4 Å². The minimum Gasteiger partial charge on any atom is -0.326 e. The summed E-state index contributed by atoms with van der Waals surface area (Å²) in [5.41, 5.74) is 1.71. The molecule has 138 valence electrons. The van der Waals surface area contributed by atoms with Gasteiger partial charge in [-0.1, -0.05) is 11.8 Å². The zero-order chi connectivity index (χ0) is 18.5. The Morgan fingerprint density at radius 1 is 1.19 bits per heavy atom. The van der Waals surface area contributed by atoms with E-state index in [4.69, 9.17) is 0 Å². The van der Waals surface area contributed by atoms with Crippen molar-refractivity contribution in [2.75, 3.05) is 11.1 Å². The average Bonchev–Trinajstić information content (AvgIpc) is 2.58. The van der Waals surface area contributed by atoms with Crippen LogP contribution in [-0.4, -0.2) is 21.6 Å². The third-order valence-corrected chi connectivity index (χ3v) is 5.06. The van der Waals surface area contributed by atoms with Crippen LogP contribution in [0.15, 0.2) is 28.2 Å². The van der Waals surface area contributed by atoms with Crippen LogP contribution in [0.5, 0.6) is 0 Å². The topological polar surface area (TPSA) is 74.8 Å². The van der Waals surface area contributed by atoms with Gasteiger partial charge in [0.05, 0.1) is 5.69 Å². The molecular weight excluding hydrogens is 360 g/mol. The Bertz CT molecular complexity index is 850. The van der Waals surface area contributed by atoms with Crippen molar-refractivity contribution in [1.29, 1.82) is 0 Å². The number of nitrogens with zero attached hydrogens (tertiary/aromatic N) is 1. The molecule has 2 N–H and O–H groups in total. The molecule has 0 spiro atoms. The lowest BCUT2D eigenvalue weighted by Gasteiger charge is -2.14. The third kappa shape index (κ3) is 4.91. The first kappa shape index (κ1) is 18.6. The van der Waals surface area contributed by atoms with E-state index in [9.17, 15) is 18.4 Å². The zero-order valence-electron chi connectivity index (χ0n) is 14.1. The number of hydrogen-bond acceptors (Lipinski definition) is 4. The van der Waals surface area contributed by atoms with Gasteiger partial charge >= 0.3 is 0 Å². The predicted molar refractivity (Wildman–Crippen MR) is 96.4 cm³/mol. The van der Waals surface area contributed by atoms with Gasteiger partial charge in [-0.2, -0.15) is 0 Å². The van der Waals surface area contributed by atoms with Gasteiger partial charge in [-0.25, -0.2) is 13.8 Å². The van der Waals surface area contributed by atoms with Gasteiger partial charge in [0.25, 0.3) is 5.56 Å². The molecule has 1 heterocycles. The van der Waals surface area contributed by atoms with Crippen molar-refractivity contribution in [3.05, 3.63) is 51.4 Å². The Morgan fingerprint density at radius 2 is 1.92 bits per heavy atom. The van der Waals surface area contributed by atoms with Crippen molar-refractivity contribution in [1.82, 2.24) is 9.97 Å². The number of rotatable bonds is 6. The fraction of sp³-hybridized carbons (Fsp3) is 0.389. The second kappa shape index (κ2) is 8.44. The fourth-order valence-electron chi connectivity index (χ4n) is 2.90. The number of carbonyl (C=O) groups excluding carboxylic acids is 1. The Kier molecular flexibility index (Phi) is 6.03. The van der Waals surface area contributed by atoms with E-state index in [2.05, 4.69) is 15.3 Å². The number of nitrogens with one attached hydrogen (secondary N) is 2. The highest BCUT2D eigenvalue weighted by atomic mass is 32.2. The maximum atomic E-state index is 13.1. The van der Waals surface area contributed by atoms with Crippen molar-refractivity contribution in [2.45, 2.75) is 43.7 Å². The smallest absolute Gasteiger partial charge is 0.254 e. The first-order chi connectivity index (χ1) is 12.5. The summed E-state index contributed by atoms with van der Waals surface area (Å²) in [5, 5.41) is 3.04. The molecule has 0 aliphatic heterocycles. The van der Waals surface area contributed by atoms with Gasteiger partial charge in [0.2, 0.25) is 5.91 Å². The number of aryl methyl sites for hydroxylation is 1. The molecule has 1 aromatic carbocycles. The minimum atomic E-state index is -0.738. The fourth-order valence-corrected chi connectivity index (χ4v) is 3.72. The number of hydrogen-bond donors (Lipinski definition) is 2. The van der Waals surface area contributed by atoms with Crippen molar-refractivity contribution in [3.63, 3.8) is 0 Å². The van der Waals surface area contributed by atoms with E-state index in [0.717, 1.165) is 55.1 Å². The summed E-state index contributed by atoms with van der Waals surface area (Å²) < 4.78 is 26.2. The second-order valence-electron chi connectivity index (χ2n) is 6.16. The summed E-state index contributed by atoms with van der Waals surface area (Å²) in [6.07, 6.45) is 4.45. The van der Waals surface area contributed by atoms with E-state index in [1.807, 2.05) is 0 Å². The molecule has 3 rings (SSSR count). The van der Waals surface area contributed by atoms with Gasteiger partial charge in [0, 0.05) is 29.5 Å². The minimum absolute atomic E-state index is 0.0666. The van der Waals surface area contributed by atoms with E-state index < -0.39 is 11.6 Å². The molecule has 0 fully saturated rings. The lowest BCUT2D eigenvalue weighted by Crippen LogP contribution is -2.21. The highest BCUT2D eigenvalue weighted by Crippen LogP contribution is 2.20. The molecule has 0 bridgehead atoms. The Hall–Kier alpha value is -2.22. The van der Waals surface area contributed by atoms with Crippen LogP contribution < -0.4 is 10.9 Å². The normalized spacial score (nSPS) is 13.3. The predicted octanol–water partition coefficient (Wildman–Crippen LogP) is 3.44. The van der Waals surface area contributed by atoms with Gasteiger partial charge < -0.3 is 10.3 Å². The summed E-state index contributed by atoms with van der Waals surface area (Å²) in [6, 6.07) is 2.88. The van der Waals surface area contributed by atoms with Crippen LogP contribution >= 0.6 is 11.8 Å². The third-order valence-electron chi connectivity index (χ3n) is 4.10. The van der Waals surface area contributed by atoms with E-state index >= 15 is 0 Å². The van der Waals surface area contributed by atoms with Gasteiger partial charge in [-0.05, 0) is 44.2 Å².